The first-order chi connectivity index (χ1) is 15.7. The maximum atomic E-state index is 12.4. The predicted octanol–water partition coefficient (Wildman–Crippen LogP) is 1.80. The molecule has 0 radical (unpaired) electrons. The summed E-state index contributed by atoms with van der Waals surface area (Å²) in [5, 5.41) is -0.683. The minimum atomic E-state index is -1.19. The molecule has 10 nitrogen and oxygen atoms in total. The molecule has 0 aliphatic carbocycles. The minimum Gasteiger partial charge on any atom is -0.468 e. The van der Waals surface area contributed by atoms with Crippen LogP contribution in [0.4, 0.5) is 0 Å². The fraction of sp³-hybridized carbons (Fsp3) is 0.545. The van der Waals surface area contributed by atoms with Gasteiger partial charge in [-0.2, -0.15) is 0 Å². The van der Waals surface area contributed by atoms with E-state index in [1.165, 1.54) is 46.8 Å². The molecule has 33 heavy (non-hydrogen) atoms. The molecule has 1 aliphatic heterocycles. The summed E-state index contributed by atoms with van der Waals surface area (Å²) in [5.74, 6) is -2.32. The number of methoxy groups -OCH3 is 2. The fourth-order valence-electron chi connectivity index (χ4n) is 3.41. The summed E-state index contributed by atoms with van der Waals surface area (Å²) >= 11 is 1.20. The summed E-state index contributed by atoms with van der Waals surface area (Å²) in [4.78, 5) is 47.7. The Balaban J connectivity index is 2.35. The molecule has 0 saturated carbocycles. The molecule has 1 aliphatic rings. The number of carbonyl (C=O) groups excluding carboxylic acids is 4. The van der Waals surface area contributed by atoms with Crippen LogP contribution in [-0.4, -0.2) is 74.6 Å². The zero-order valence-electron chi connectivity index (χ0n) is 19.0. The molecule has 0 aromatic heterocycles. The standard InChI is InChI=1S/C22H28O10S/c1-12(23)29-17-16(11-33-20(21(26)27-4)15-9-7-6-8-10-15)32-22(28-5)19(31-14(3)25)18(17)30-13(2)24/h6-10,16-20,22H,11H2,1-5H3/t16-,17-,18+,19-,20?,22-/m1/s1. The van der Waals surface area contributed by atoms with Crippen molar-refractivity contribution in [2.24, 2.45) is 0 Å². The molecule has 0 amide bonds. The van der Waals surface area contributed by atoms with Crippen LogP contribution in [0.3, 0.4) is 0 Å². The van der Waals surface area contributed by atoms with Crippen LogP contribution in [-0.2, 0) is 47.6 Å². The topological polar surface area (TPSA) is 124 Å². The first-order valence-electron chi connectivity index (χ1n) is 10.1. The third-order valence-corrected chi connectivity index (χ3v) is 5.99. The van der Waals surface area contributed by atoms with Crippen LogP contribution in [0.5, 0.6) is 0 Å². The Morgan fingerprint density at radius 2 is 1.42 bits per heavy atom. The van der Waals surface area contributed by atoms with Crippen molar-refractivity contribution in [1.29, 1.82) is 0 Å². The van der Waals surface area contributed by atoms with E-state index in [2.05, 4.69) is 0 Å². The Bertz CT molecular complexity index is 830. The van der Waals surface area contributed by atoms with E-state index in [0.717, 1.165) is 0 Å². The molecule has 0 bridgehead atoms. The Morgan fingerprint density at radius 3 is 1.94 bits per heavy atom. The van der Waals surface area contributed by atoms with E-state index in [-0.39, 0.29) is 5.75 Å². The molecule has 1 unspecified atom stereocenters. The van der Waals surface area contributed by atoms with Gasteiger partial charge in [0.2, 0.25) is 0 Å². The Kier molecular flexibility index (Phi) is 10.1. The first kappa shape index (κ1) is 26.6. The van der Waals surface area contributed by atoms with E-state index in [1.54, 1.807) is 24.3 Å². The van der Waals surface area contributed by atoms with Crippen molar-refractivity contribution >= 4 is 35.6 Å². The molecular weight excluding hydrogens is 456 g/mol. The average molecular weight is 485 g/mol. The van der Waals surface area contributed by atoms with Crippen molar-refractivity contribution in [2.75, 3.05) is 20.0 Å². The number of benzene rings is 1. The number of carbonyl (C=O) groups is 4. The Hall–Kier alpha value is -2.63. The highest BCUT2D eigenvalue weighted by molar-refractivity contribution is 8.00. The maximum Gasteiger partial charge on any atom is 0.323 e. The number of thioether (sulfide) groups is 1. The van der Waals surface area contributed by atoms with Gasteiger partial charge in [0.15, 0.2) is 24.6 Å². The summed E-state index contributed by atoms with van der Waals surface area (Å²) in [5.41, 5.74) is 0.715. The molecule has 0 spiro atoms. The van der Waals surface area contributed by atoms with Crippen LogP contribution >= 0.6 is 11.8 Å². The van der Waals surface area contributed by atoms with Crippen LogP contribution < -0.4 is 0 Å². The van der Waals surface area contributed by atoms with Gasteiger partial charge in [-0.1, -0.05) is 30.3 Å². The summed E-state index contributed by atoms with van der Waals surface area (Å²) in [6.45, 7) is 3.56. The summed E-state index contributed by atoms with van der Waals surface area (Å²) in [6.07, 6.45) is -5.45. The van der Waals surface area contributed by atoms with Gasteiger partial charge >= 0.3 is 23.9 Å². The number of hydrogen-bond donors (Lipinski definition) is 0. The molecule has 1 heterocycles. The van der Waals surface area contributed by atoms with Gasteiger partial charge in [0.25, 0.3) is 0 Å². The molecule has 6 atom stereocenters. The van der Waals surface area contributed by atoms with Crippen molar-refractivity contribution in [3.8, 4) is 0 Å². The molecule has 1 saturated heterocycles. The van der Waals surface area contributed by atoms with E-state index in [1.807, 2.05) is 6.07 Å². The third-order valence-electron chi connectivity index (χ3n) is 4.67. The summed E-state index contributed by atoms with van der Waals surface area (Å²) in [6, 6.07) is 9.00. The SMILES string of the molecule is COC(=O)C(SC[C@H]1O[C@@H](OC)[C@H](OC(C)=O)[C@@H](OC(C)=O)[C@@H]1OC(C)=O)c1ccccc1. The van der Waals surface area contributed by atoms with E-state index >= 15 is 0 Å². The summed E-state index contributed by atoms with van der Waals surface area (Å²) < 4.78 is 32.3. The fourth-order valence-corrected chi connectivity index (χ4v) is 4.64. The highest BCUT2D eigenvalue weighted by Crippen LogP contribution is 2.36. The quantitative estimate of drug-likeness (QED) is 0.376. The normalized spacial score (nSPS) is 25.4. The lowest BCUT2D eigenvalue weighted by Gasteiger charge is -2.44. The van der Waals surface area contributed by atoms with Crippen LogP contribution in [0.15, 0.2) is 30.3 Å². The molecule has 0 N–H and O–H groups in total. The van der Waals surface area contributed by atoms with E-state index < -0.39 is 59.8 Å². The van der Waals surface area contributed by atoms with Crippen molar-refractivity contribution in [3.05, 3.63) is 35.9 Å². The van der Waals surface area contributed by atoms with Gasteiger partial charge in [-0.15, -0.1) is 11.8 Å². The van der Waals surface area contributed by atoms with Crippen molar-refractivity contribution < 1.29 is 47.6 Å². The number of hydrogen-bond acceptors (Lipinski definition) is 11. The average Bonchev–Trinajstić information content (AvgIpc) is 2.76. The van der Waals surface area contributed by atoms with E-state index in [0.29, 0.717) is 5.56 Å². The first-order valence-corrected chi connectivity index (χ1v) is 11.2. The molecule has 11 heteroatoms. The smallest absolute Gasteiger partial charge is 0.323 e. The molecule has 1 aromatic carbocycles. The van der Waals surface area contributed by atoms with Gasteiger partial charge in [0, 0.05) is 33.6 Å². The van der Waals surface area contributed by atoms with E-state index in [4.69, 9.17) is 28.4 Å². The molecule has 1 fully saturated rings. The van der Waals surface area contributed by atoms with Gasteiger partial charge < -0.3 is 28.4 Å². The second-order valence-corrected chi connectivity index (χ2v) is 8.29. The largest absolute Gasteiger partial charge is 0.468 e. The molecule has 1 aromatic rings. The van der Waals surface area contributed by atoms with Crippen LogP contribution in [0.25, 0.3) is 0 Å². The lowest BCUT2D eigenvalue weighted by molar-refractivity contribution is -0.294. The van der Waals surface area contributed by atoms with Gasteiger partial charge in [-0.05, 0) is 5.56 Å². The molecule has 182 valence electrons. The minimum absolute atomic E-state index is 0.136. The summed E-state index contributed by atoms with van der Waals surface area (Å²) in [7, 11) is 2.63. The number of ether oxygens (including phenoxy) is 6. The second-order valence-electron chi connectivity index (χ2n) is 7.15. The van der Waals surface area contributed by atoms with E-state index in [9.17, 15) is 19.2 Å². The highest BCUT2D eigenvalue weighted by Gasteiger charge is 2.52. The van der Waals surface area contributed by atoms with Gasteiger partial charge in [0.1, 0.15) is 11.4 Å². The van der Waals surface area contributed by atoms with Gasteiger partial charge in [-0.3, -0.25) is 19.2 Å². The monoisotopic (exact) mass is 484 g/mol. The maximum absolute atomic E-state index is 12.4. The van der Waals surface area contributed by atoms with Crippen molar-refractivity contribution in [3.63, 3.8) is 0 Å². The van der Waals surface area contributed by atoms with Crippen LogP contribution in [0.1, 0.15) is 31.6 Å². The zero-order chi connectivity index (χ0) is 24.5. The van der Waals surface area contributed by atoms with Crippen LogP contribution in [0, 0.1) is 0 Å². The lowest BCUT2D eigenvalue weighted by Crippen LogP contribution is -2.62. The Morgan fingerprint density at radius 1 is 0.879 bits per heavy atom. The van der Waals surface area contributed by atoms with Crippen LogP contribution in [0.2, 0.25) is 0 Å². The zero-order valence-corrected chi connectivity index (χ0v) is 19.9. The second kappa shape index (κ2) is 12.6. The third kappa shape index (κ3) is 7.44. The highest BCUT2D eigenvalue weighted by atomic mass is 32.2. The van der Waals surface area contributed by atoms with Gasteiger partial charge in [-0.25, -0.2) is 0 Å². The molecule has 2 rings (SSSR count). The van der Waals surface area contributed by atoms with Gasteiger partial charge in [0.05, 0.1) is 7.11 Å². The number of rotatable bonds is 9. The van der Waals surface area contributed by atoms with Crippen molar-refractivity contribution in [2.45, 2.75) is 56.7 Å². The number of esters is 4. The Labute approximate surface area is 196 Å². The van der Waals surface area contributed by atoms with Crippen molar-refractivity contribution in [1.82, 2.24) is 0 Å². The predicted molar refractivity (Wildman–Crippen MR) is 116 cm³/mol. The lowest BCUT2D eigenvalue weighted by atomic mass is 9.98. The molecular formula is C22H28O10S.